The van der Waals surface area contributed by atoms with Crippen molar-refractivity contribution in [1.82, 2.24) is 0 Å². The highest BCUT2D eigenvalue weighted by molar-refractivity contribution is 8.13. The third-order valence-corrected chi connectivity index (χ3v) is 3.60. The van der Waals surface area contributed by atoms with Gasteiger partial charge in [0.15, 0.2) is 6.10 Å². The van der Waals surface area contributed by atoms with Crippen molar-refractivity contribution in [2.24, 2.45) is 5.73 Å². The summed E-state index contributed by atoms with van der Waals surface area (Å²) in [7, 11) is 1.46. The molecule has 0 fully saturated rings. The number of carbonyl (C=O) groups is 1. The smallest absolute Gasteiger partial charge is 0.261 e. The molecule has 1 unspecified atom stereocenters. The van der Waals surface area contributed by atoms with E-state index in [9.17, 15) is 13.2 Å². The predicted octanol–water partition coefficient (Wildman–Crippen LogP) is 1.18. The molecule has 0 saturated heterocycles. The molecule has 0 aliphatic carbocycles. The first-order valence-corrected chi connectivity index (χ1v) is 7.04. The van der Waals surface area contributed by atoms with Gasteiger partial charge in [-0.25, -0.2) is 8.42 Å². The van der Waals surface area contributed by atoms with Crippen LogP contribution < -0.4 is 10.5 Å². The van der Waals surface area contributed by atoms with Gasteiger partial charge in [-0.05, 0) is 37.6 Å². The van der Waals surface area contributed by atoms with Crippen LogP contribution in [0.4, 0.5) is 0 Å². The second-order valence-electron chi connectivity index (χ2n) is 3.53. The van der Waals surface area contributed by atoms with Crippen LogP contribution in [0.5, 0.6) is 5.75 Å². The highest BCUT2D eigenvalue weighted by Crippen LogP contribution is 2.24. The molecule has 0 saturated carbocycles. The molecular weight excluding hydrogens is 266 g/mol. The van der Waals surface area contributed by atoms with Crippen molar-refractivity contribution in [2.45, 2.75) is 24.8 Å². The molecule has 5 nitrogen and oxygen atoms in total. The molecule has 94 valence electrons. The van der Waals surface area contributed by atoms with Gasteiger partial charge in [-0.2, -0.15) is 0 Å². The SMILES string of the molecule is Cc1cc(OC(C)C(N)=O)ccc1S(=O)(=O)Cl. The van der Waals surface area contributed by atoms with Crippen molar-refractivity contribution in [1.29, 1.82) is 0 Å². The molecule has 1 aromatic carbocycles. The quantitative estimate of drug-likeness (QED) is 0.837. The minimum absolute atomic E-state index is 0.0123. The number of primary amides is 1. The molecule has 1 rings (SSSR count). The molecule has 0 bridgehead atoms. The van der Waals surface area contributed by atoms with Crippen molar-refractivity contribution in [3.8, 4) is 5.75 Å². The van der Waals surface area contributed by atoms with Gasteiger partial charge in [-0.3, -0.25) is 4.79 Å². The van der Waals surface area contributed by atoms with Gasteiger partial charge in [-0.1, -0.05) is 0 Å². The summed E-state index contributed by atoms with van der Waals surface area (Å²) < 4.78 is 27.5. The number of carbonyl (C=O) groups excluding carboxylic acids is 1. The normalized spacial score (nSPS) is 13.1. The van der Waals surface area contributed by atoms with Gasteiger partial charge in [0.25, 0.3) is 15.0 Å². The first kappa shape index (κ1) is 13.8. The van der Waals surface area contributed by atoms with E-state index in [4.69, 9.17) is 21.2 Å². The Kier molecular flexibility index (Phi) is 4.00. The Morgan fingerprint density at radius 1 is 1.47 bits per heavy atom. The van der Waals surface area contributed by atoms with Gasteiger partial charge in [0.1, 0.15) is 5.75 Å². The minimum atomic E-state index is -3.77. The third kappa shape index (κ3) is 3.61. The summed E-state index contributed by atoms with van der Waals surface area (Å²) >= 11 is 0. The van der Waals surface area contributed by atoms with E-state index in [-0.39, 0.29) is 4.90 Å². The van der Waals surface area contributed by atoms with Gasteiger partial charge in [-0.15, -0.1) is 0 Å². The molecule has 1 amide bonds. The van der Waals surface area contributed by atoms with E-state index in [1.54, 1.807) is 6.92 Å². The molecule has 1 atom stereocenters. The van der Waals surface area contributed by atoms with Crippen LogP contribution in [-0.4, -0.2) is 20.4 Å². The van der Waals surface area contributed by atoms with Gasteiger partial charge in [0.2, 0.25) is 0 Å². The summed E-state index contributed by atoms with van der Waals surface area (Å²) in [6, 6.07) is 4.22. The van der Waals surface area contributed by atoms with Crippen LogP contribution >= 0.6 is 10.7 Å². The van der Waals surface area contributed by atoms with Crippen LogP contribution in [0.3, 0.4) is 0 Å². The standard InChI is InChI=1S/C10H12ClNO4S/c1-6-5-8(16-7(2)10(12)13)3-4-9(6)17(11,14)15/h3-5,7H,1-2H3,(H2,12,13). The molecule has 0 aromatic heterocycles. The summed E-state index contributed by atoms with van der Waals surface area (Å²) in [4.78, 5) is 10.8. The first-order chi connectivity index (χ1) is 7.71. The highest BCUT2D eigenvalue weighted by Gasteiger charge is 2.15. The zero-order chi connectivity index (χ0) is 13.2. The van der Waals surface area contributed by atoms with Crippen LogP contribution in [0.1, 0.15) is 12.5 Å². The summed E-state index contributed by atoms with van der Waals surface area (Å²) in [5.41, 5.74) is 5.48. The van der Waals surface area contributed by atoms with E-state index in [0.29, 0.717) is 11.3 Å². The molecule has 1 aromatic rings. The lowest BCUT2D eigenvalue weighted by Crippen LogP contribution is -2.30. The second kappa shape index (κ2) is 4.93. The highest BCUT2D eigenvalue weighted by atomic mass is 35.7. The minimum Gasteiger partial charge on any atom is -0.481 e. The number of ether oxygens (including phenoxy) is 1. The van der Waals surface area contributed by atoms with Crippen molar-refractivity contribution in [3.63, 3.8) is 0 Å². The molecule has 0 aliphatic rings. The van der Waals surface area contributed by atoms with Crippen molar-refractivity contribution in [2.75, 3.05) is 0 Å². The second-order valence-corrected chi connectivity index (χ2v) is 6.06. The number of halogens is 1. The van der Waals surface area contributed by atoms with E-state index in [1.807, 2.05) is 0 Å². The molecule has 17 heavy (non-hydrogen) atoms. The summed E-state index contributed by atoms with van der Waals surface area (Å²) in [5, 5.41) is 0. The van der Waals surface area contributed by atoms with Crippen LogP contribution in [0.15, 0.2) is 23.1 Å². The van der Waals surface area contributed by atoms with E-state index in [0.717, 1.165) is 0 Å². The maximum atomic E-state index is 11.1. The molecule has 0 spiro atoms. The number of benzene rings is 1. The Bertz CT molecular complexity index is 541. The monoisotopic (exact) mass is 277 g/mol. The molecule has 0 heterocycles. The lowest BCUT2D eigenvalue weighted by molar-refractivity contribution is -0.123. The topological polar surface area (TPSA) is 86.5 Å². The van der Waals surface area contributed by atoms with E-state index in [1.165, 1.54) is 25.1 Å². The number of nitrogens with two attached hydrogens (primary N) is 1. The van der Waals surface area contributed by atoms with Crippen LogP contribution in [0, 0.1) is 6.92 Å². The van der Waals surface area contributed by atoms with Gasteiger partial charge >= 0.3 is 0 Å². The fraction of sp³-hybridized carbons (Fsp3) is 0.300. The molecule has 0 aliphatic heterocycles. The van der Waals surface area contributed by atoms with Gasteiger partial charge in [0.05, 0.1) is 4.90 Å². The molecule has 0 radical (unpaired) electrons. The fourth-order valence-corrected chi connectivity index (χ4v) is 2.42. The average molecular weight is 278 g/mol. The lowest BCUT2D eigenvalue weighted by Gasteiger charge is -2.12. The van der Waals surface area contributed by atoms with Crippen molar-refractivity contribution >= 4 is 25.6 Å². The predicted molar refractivity (Wildman–Crippen MR) is 63.5 cm³/mol. The molecule has 2 N–H and O–H groups in total. The molecular formula is C10H12ClNO4S. The average Bonchev–Trinajstić information content (AvgIpc) is 2.15. The summed E-state index contributed by atoms with van der Waals surface area (Å²) in [6.45, 7) is 3.08. The Balaban J connectivity index is 3.02. The van der Waals surface area contributed by atoms with Crippen molar-refractivity contribution < 1.29 is 17.9 Å². The number of hydrogen-bond donors (Lipinski definition) is 1. The largest absolute Gasteiger partial charge is 0.481 e. The first-order valence-electron chi connectivity index (χ1n) is 4.73. The van der Waals surface area contributed by atoms with E-state index >= 15 is 0 Å². The van der Waals surface area contributed by atoms with Crippen LogP contribution in [-0.2, 0) is 13.8 Å². The maximum absolute atomic E-state index is 11.1. The third-order valence-electron chi connectivity index (χ3n) is 2.12. The Morgan fingerprint density at radius 2 is 2.06 bits per heavy atom. The number of amides is 1. The lowest BCUT2D eigenvalue weighted by atomic mass is 10.2. The van der Waals surface area contributed by atoms with Crippen LogP contribution in [0.25, 0.3) is 0 Å². The number of rotatable bonds is 4. The zero-order valence-corrected chi connectivity index (χ0v) is 10.9. The zero-order valence-electron chi connectivity index (χ0n) is 9.31. The fourth-order valence-electron chi connectivity index (χ4n) is 1.23. The Hall–Kier alpha value is -1.27. The summed E-state index contributed by atoms with van der Waals surface area (Å²) in [6.07, 6.45) is -0.784. The number of hydrogen-bond acceptors (Lipinski definition) is 4. The van der Waals surface area contributed by atoms with E-state index < -0.39 is 21.1 Å². The Morgan fingerprint density at radius 3 is 2.47 bits per heavy atom. The number of aryl methyl sites for hydroxylation is 1. The Labute approximate surface area is 104 Å². The summed E-state index contributed by atoms with van der Waals surface area (Å²) in [5.74, 6) is -0.241. The van der Waals surface area contributed by atoms with Gasteiger partial charge < -0.3 is 10.5 Å². The molecule has 7 heteroatoms. The van der Waals surface area contributed by atoms with E-state index in [2.05, 4.69) is 0 Å². The maximum Gasteiger partial charge on any atom is 0.261 e. The van der Waals surface area contributed by atoms with Crippen molar-refractivity contribution in [3.05, 3.63) is 23.8 Å². The van der Waals surface area contributed by atoms with Crippen LogP contribution in [0.2, 0.25) is 0 Å². The van der Waals surface area contributed by atoms with Gasteiger partial charge in [0, 0.05) is 10.7 Å².